The highest BCUT2D eigenvalue weighted by atomic mass is 16.6. The van der Waals surface area contributed by atoms with Crippen molar-refractivity contribution in [2.75, 3.05) is 13.2 Å². The van der Waals surface area contributed by atoms with Crippen LogP contribution in [-0.4, -0.2) is 36.4 Å². The molecule has 0 rings (SSSR count). The molecule has 0 aromatic heterocycles. The summed E-state index contributed by atoms with van der Waals surface area (Å²) in [4.78, 5) is 24.5. The molecule has 0 spiro atoms. The molecule has 0 aromatic rings. The topological polar surface area (TPSA) is 72.8 Å². The molecule has 1 atom stereocenters. The second-order valence-corrected chi connectivity index (χ2v) is 20.8. The van der Waals surface area contributed by atoms with Crippen LogP contribution < -0.4 is 0 Å². The van der Waals surface area contributed by atoms with Gasteiger partial charge in [-0.2, -0.15) is 0 Å². The van der Waals surface area contributed by atoms with Crippen LogP contribution in [-0.2, 0) is 19.1 Å². The molecule has 0 aromatic carbocycles. The molecule has 0 aliphatic carbocycles. The average Bonchev–Trinajstić information content (AvgIpc) is 3.36. The van der Waals surface area contributed by atoms with E-state index in [1.807, 2.05) is 0 Å². The average molecular weight is 980 g/mol. The fourth-order valence-electron chi connectivity index (χ4n) is 9.23. The Morgan fingerprint density at radius 3 is 0.929 bits per heavy atom. The van der Waals surface area contributed by atoms with Gasteiger partial charge in [0.25, 0.3) is 0 Å². The fraction of sp³-hybridized carbons (Fsp3) is 0.815. The maximum atomic E-state index is 12.3. The van der Waals surface area contributed by atoms with Crippen LogP contribution in [0.3, 0.4) is 0 Å². The number of allylic oxidation sites excluding steroid dienone is 10. The third kappa shape index (κ3) is 58.2. The molecule has 1 N–H and O–H groups in total. The number of carbonyl (C=O) groups is 2. The lowest BCUT2D eigenvalue weighted by Gasteiger charge is -2.15. The lowest BCUT2D eigenvalue weighted by atomic mass is 10.0. The van der Waals surface area contributed by atoms with Gasteiger partial charge < -0.3 is 14.6 Å². The van der Waals surface area contributed by atoms with Crippen molar-refractivity contribution in [1.82, 2.24) is 0 Å². The van der Waals surface area contributed by atoms with Crippen molar-refractivity contribution >= 4 is 11.9 Å². The van der Waals surface area contributed by atoms with E-state index < -0.39 is 6.10 Å². The molecule has 0 saturated heterocycles. The SMILES string of the molecule is CC/C=C\C/C=C\C/C=C\C/C=C\C/C=C\CCCCCC(=O)OC(CO)COC(=O)CCCCCCCCCCCCCCCCCCCCCCCCCCCCCCCCCCCCCCC. The van der Waals surface area contributed by atoms with Crippen LogP contribution in [0.2, 0.25) is 0 Å². The van der Waals surface area contributed by atoms with Gasteiger partial charge in [0, 0.05) is 12.8 Å². The van der Waals surface area contributed by atoms with E-state index in [4.69, 9.17) is 9.47 Å². The van der Waals surface area contributed by atoms with Gasteiger partial charge in [-0.25, -0.2) is 0 Å². The van der Waals surface area contributed by atoms with E-state index in [9.17, 15) is 14.7 Å². The van der Waals surface area contributed by atoms with E-state index in [1.54, 1.807) is 0 Å². The zero-order chi connectivity index (χ0) is 50.6. The van der Waals surface area contributed by atoms with Gasteiger partial charge >= 0.3 is 11.9 Å². The fourth-order valence-corrected chi connectivity index (χ4v) is 9.23. The minimum Gasteiger partial charge on any atom is -0.462 e. The van der Waals surface area contributed by atoms with Gasteiger partial charge in [-0.3, -0.25) is 9.59 Å². The van der Waals surface area contributed by atoms with Crippen LogP contribution in [0.25, 0.3) is 0 Å². The van der Waals surface area contributed by atoms with Gasteiger partial charge in [0.2, 0.25) is 0 Å². The van der Waals surface area contributed by atoms with E-state index in [2.05, 4.69) is 74.6 Å². The van der Waals surface area contributed by atoms with Crippen LogP contribution in [0.1, 0.15) is 322 Å². The van der Waals surface area contributed by atoms with E-state index in [0.717, 1.165) is 77.0 Å². The van der Waals surface area contributed by atoms with E-state index >= 15 is 0 Å². The van der Waals surface area contributed by atoms with Gasteiger partial charge in [0.05, 0.1) is 6.61 Å². The van der Waals surface area contributed by atoms with Gasteiger partial charge in [-0.05, 0) is 57.8 Å². The number of unbranched alkanes of at least 4 members (excludes halogenated alkanes) is 39. The van der Waals surface area contributed by atoms with E-state index in [-0.39, 0.29) is 25.2 Å². The molecule has 0 heterocycles. The van der Waals surface area contributed by atoms with Crippen molar-refractivity contribution in [3.63, 3.8) is 0 Å². The molecule has 0 fully saturated rings. The summed E-state index contributed by atoms with van der Waals surface area (Å²) in [7, 11) is 0. The normalized spacial score (nSPS) is 12.6. The van der Waals surface area contributed by atoms with Crippen LogP contribution in [0, 0.1) is 0 Å². The molecule has 0 amide bonds. The molecule has 0 aliphatic rings. The van der Waals surface area contributed by atoms with Crippen molar-refractivity contribution in [1.29, 1.82) is 0 Å². The van der Waals surface area contributed by atoms with Crippen molar-refractivity contribution in [3.8, 4) is 0 Å². The molecule has 0 radical (unpaired) electrons. The zero-order valence-electron chi connectivity index (χ0n) is 46.8. The van der Waals surface area contributed by atoms with E-state index in [0.29, 0.717) is 12.8 Å². The molecule has 0 saturated carbocycles. The zero-order valence-corrected chi connectivity index (χ0v) is 46.8. The second-order valence-electron chi connectivity index (χ2n) is 20.8. The highest BCUT2D eigenvalue weighted by Crippen LogP contribution is 2.18. The molecule has 0 bridgehead atoms. The quantitative estimate of drug-likeness (QED) is 0.0373. The number of hydrogen-bond acceptors (Lipinski definition) is 5. The Morgan fingerprint density at radius 2 is 0.614 bits per heavy atom. The third-order valence-electron chi connectivity index (χ3n) is 13.8. The molecular formula is C65H118O5. The Kier molecular flexibility index (Phi) is 58.8. The van der Waals surface area contributed by atoms with Crippen molar-refractivity contribution in [2.45, 2.75) is 328 Å². The molecular weight excluding hydrogens is 861 g/mol. The first-order valence-electron chi connectivity index (χ1n) is 30.8. The molecule has 5 nitrogen and oxygen atoms in total. The number of esters is 2. The number of carbonyl (C=O) groups excluding carboxylic acids is 2. The number of ether oxygens (including phenoxy) is 2. The minimum absolute atomic E-state index is 0.0785. The number of hydrogen-bond donors (Lipinski definition) is 1. The maximum Gasteiger partial charge on any atom is 0.306 e. The summed E-state index contributed by atoms with van der Waals surface area (Å²) in [5, 5.41) is 9.64. The Bertz CT molecular complexity index is 1200. The van der Waals surface area contributed by atoms with Gasteiger partial charge in [-0.1, -0.05) is 312 Å². The Hall–Kier alpha value is -2.40. The largest absolute Gasteiger partial charge is 0.462 e. The first-order chi connectivity index (χ1) is 34.6. The van der Waals surface area contributed by atoms with Crippen molar-refractivity contribution in [2.24, 2.45) is 0 Å². The summed E-state index contributed by atoms with van der Waals surface area (Å²) in [6, 6.07) is 0. The first kappa shape index (κ1) is 67.6. The maximum absolute atomic E-state index is 12.3. The first-order valence-corrected chi connectivity index (χ1v) is 30.8. The van der Waals surface area contributed by atoms with Crippen LogP contribution in [0.4, 0.5) is 0 Å². The summed E-state index contributed by atoms with van der Waals surface area (Å²) >= 11 is 0. The predicted octanol–water partition coefficient (Wildman–Crippen LogP) is 21.0. The Labute approximate surface area is 436 Å². The van der Waals surface area contributed by atoms with Crippen LogP contribution in [0.15, 0.2) is 60.8 Å². The van der Waals surface area contributed by atoms with Gasteiger partial charge in [0.1, 0.15) is 6.61 Å². The number of aliphatic hydroxyl groups is 1. The molecule has 1 unspecified atom stereocenters. The summed E-state index contributed by atoms with van der Waals surface area (Å²) in [6.07, 6.45) is 82.4. The highest BCUT2D eigenvalue weighted by molar-refractivity contribution is 5.70. The Balaban J connectivity index is 3.41. The molecule has 408 valence electrons. The summed E-state index contributed by atoms with van der Waals surface area (Å²) in [5.74, 6) is -0.618. The highest BCUT2D eigenvalue weighted by Gasteiger charge is 2.16. The standard InChI is InChI=1S/C65H118O5/c1-3-5-7-9-11-13-15-17-19-21-23-24-25-26-27-28-29-30-31-32-33-34-35-36-37-38-39-40-42-43-45-47-49-51-53-55-57-59-64(67)69-62-63(61-66)70-65(68)60-58-56-54-52-50-48-46-44-41-22-20-18-16-14-12-10-8-6-4-2/h6,8,12,14,18,20,41,44,48,50,63,66H,3-5,7,9-11,13,15-17,19,21-40,42-43,45-47,49,51-62H2,1-2H3/b8-6-,14-12-,20-18-,44-41-,50-48-. The van der Waals surface area contributed by atoms with Crippen molar-refractivity contribution in [3.05, 3.63) is 60.8 Å². The van der Waals surface area contributed by atoms with E-state index in [1.165, 1.54) is 218 Å². The smallest absolute Gasteiger partial charge is 0.306 e. The third-order valence-corrected chi connectivity index (χ3v) is 13.8. The molecule has 70 heavy (non-hydrogen) atoms. The summed E-state index contributed by atoms with van der Waals surface area (Å²) < 4.78 is 10.7. The van der Waals surface area contributed by atoms with Crippen molar-refractivity contribution < 1.29 is 24.2 Å². The lowest BCUT2D eigenvalue weighted by molar-refractivity contribution is -0.161. The molecule has 0 aliphatic heterocycles. The Morgan fingerprint density at radius 1 is 0.343 bits per heavy atom. The second kappa shape index (κ2) is 60.9. The van der Waals surface area contributed by atoms with Crippen LogP contribution >= 0.6 is 0 Å². The summed E-state index contributed by atoms with van der Waals surface area (Å²) in [5.41, 5.74) is 0. The lowest BCUT2D eigenvalue weighted by Crippen LogP contribution is -2.28. The predicted molar refractivity (Wildman–Crippen MR) is 307 cm³/mol. The summed E-state index contributed by atoms with van der Waals surface area (Å²) in [6.45, 7) is 4.04. The van der Waals surface area contributed by atoms with Gasteiger partial charge in [0.15, 0.2) is 6.10 Å². The minimum atomic E-state index is -0.791. The molecule has 5 heteroatoms. The monoisotopic (exact) mass is 979 g/mol. The van der Waals surface area contributed by atoms with Gasteiger partial charge in [-0.15, -0.1) is 0 Å². The number of aliphatic hydroxyl groups excluding tert-OH is 1. The number of rotatable bonds is 57. The van der Waals surface area contributed by atoms with Crippen LogP contribution in [0.5, 0.6) is 0 Å².